The molecule has 0 unspecified atom stereocenters. The van der Waals surface area contributed by atoms with Crippen molar-refractivity contribution in [2.75, 3.05) is 4.90 Å². The fourth-order valence-electron chi connectivity index (χ4n) is 5.34. The maximum atomic E-state index is 14.4. The summed E-state index contributed by atoms with van der Waals surface area (Å²) in [5, 5.41) is 6.82. The van der Waals surface area contributed by atoms with E-state index in [2.05, 4.69) is 0 Å². The van der Waals surface area contributed by atoms with Gasteiger partial charge >= 0.3 is 5.72 Å². The van der Waals surface area contributed by atoms with Crippen molar-refractivity contribution in [3.05, 3.63) is 120 Å². The molecule has 4 heterocycles. The fourth-order valence-corrected chi connectivity index (χ4v) is 5.34. The number of carbonyl (C=O) groups excluding carboxylic acids is 1. The van der Waals surface area contributed by atoms with Crippen molar-refractivity contribution in [1.29, 1.82) is 0 Å². The number of benzene rings is 3. The van der Waals surface area contributed by atoms with E-state index in [-0.39, 0.29) is 11.9 Å². The van der Waals surface area contributed by atoms with Crippen LogP contribution in [0.2, 0.25) is 0 Å². The summed E-state index contributed by atoms with van der Waals surface area (Å²) in [6.07, 6.45) is 2.27. The van der Waals surface area contributed by atoms with Gasteiger partial charge in [0.05, 0.1) is 30.1 Å². The Labute approximate surface area is 196 Å². The predicted octanol–water partition coefficient (Wildman–Crippen LogP) is 5.22. The fraction of sp³-hybridized carbons (Fsp3) is 0.143. The van der Waals surface area contributed by atoms with E-state index < -0.39 is 5.72 Å². The molecule has 0 fully saturated rings. The third-order valence-corrected chi connectivity index (χ3v) is 6.85. The van der Waals surface area contributed by atoms with E-state index in [1.54, 1.807) is 6.26 Å². The van der Waals surface area contributed by atoms with Crippen LogP contribution < -0.4 is 9.64 Å². The first kappa shape index (κ1) is 19.2. The summed E-state index contributed by atoms with van der Waals surface area (Å²) in [5.41, 5.74) is 3.15. The van der Waals surface area contributed by atoms with Crippen LogP contribution in [0.5, 0.6) is 5.75 Å². The van der Waals surface area contributed by atoms with E-state index >= 15 is 0 Å². The molecule has 2 atom stereocenters. The van der Waals surface area contributed by atoms with E-state index in [0.29, 0.717) is 24.5 Å². The topological polar surface area (TPSA) is 58.3 Å². The zero-order valence-electron chi connectivity index (χ0n) is 18.3. The van der Waals surface area contributed by atoms with Gasteiger partial charge < -0.3 is 14.1 Å². The number of amides is 1. The molecule has 7 rings (SSSR count). The molecule has 6 heteroatoms. The Morgan fingerprint density at radius 3 is 2.56 bits per heavy atom. The third kappa shape index (κ3) is 2.56. The van der Waals surface area contributed by atoms with Crippen molar-refractivity contribution in [3.63, 3.8) is 0 Å². The first-order valence-corrected chi connectivity index (χ1v) is 11.4. The first-order chi connectivity index (χ1) is 16.8. The summed E-state index contributed by atoms with van der Waals surface area (Å²) >= 11 is 0. The molecule has 3 aliphatic heterocycles. The number of hydrogen-bond donors (Lipinski definition) is 0. The molecule has 3 aliphatic rings. The van der Waals surface area contributed by atoms with Gasteiger partial charge in [-0.25, -0.2) is 5.01 Å². The Hall–Kier alpha value is -4.32. The van der Waals surface area contributed by atoms with Gasteiger partial charge in [-0.15, -0.1) is 0 Å². The molecule has 0 aliphatic carbocycles. The van der Waals surface area contributed by atoms with E-state index in [1.807, 2.05) is 101 Å². The maximum absolute atomic E-state index is 14.4. The van der Waals surface area contributed by atoms with Crippen LogP contribution in [-0.2, 0) is 17.1 Å². The van der Waals surface area contributed by atoms with E-state index in [1.165, 1.54) is 0 Å². The van der Waals surface area contributed by atoms with Gasteiger partial charge in [-0.3, -0.25) is 4.79 Å². The molecule has 166 valence electrons. The number of carbonyl (C=O) groups is 1. The zero-order chi connectivity index (χ0) is 22.7. The molecule has 0 saturated heterocycles. The van der Waals surface area contributed by atoms with Crippen LogP contribution in [0.3, 0.4) is 0 Å². The highest BCUT2D eigenvalue weighted by Gasteiger charge is 2.63. The quantitative estimate of drug-likeness (QED) is 0.432. The lowest BCUT2D eigenvalue weighted by Crippen LogP contribution is -2.57. The van der Waals surface area contributed by atoms with Crippen LogP contribution >= 0.6 is 0 Å². The number of hydrazone groups is 1. The molecule has 1 aromatic heterocycles. The molecule has 3 aromatic carbocycles. The van der Waals surface area contributed by atoms with Crippen LogP contribution in [0, 0.1) is 0 Å². The number of nitrogens with zero attached hydrogens (tertiary/aromatic N) is 3. The second-order valence-corrected chi connectivity index (χ2v) is 8.77. The molecule has 0 radical (unpaired) electrons. The van der Waals surface area contributed by atoms with Crippen molar-refractivity contribution in [3.8, 4) is 5.75 Å². The zero-order valence-corrected chi connectivity index (χ0v) is 18.3. The van der Waals surface area contributed by atoms with Gasteiger partial charge in [0.15, 0.2) is 0 Å². The van der Waals surface area contributed by atoms with Gasteiger partial charge in [0.1, 0.15) is 17.2 Å². The molecule has 1 spiro atoms. The van der Waals surface area contributed by atoms with Gasteiger partial charge in [0.25, 0.3) is 5.91 Å². The molecule has 0 saturated carbocycles. The van der Waals surface area contributed by atoms with E-state index in [4.69, 9.17) is 14.3 Å². The summed E-state index contributed by atoms with van der Waals surface area (Å²) in [6, 6.07) is 29.4. The minimum atomic E-state index is -1.38. The van der Waals surface area contributed by atoms with Crippen LogP contribution in [-0.4, -0.2) is 16.6 Å². The lowest BCUT2D eigenvalue weighted by atomic mass is 9.93. The third-order valence-electron chi connectivity index (χ3n) is 6.85. The maximum Gasteiger partial charge on any atom is 0.306 e. The number of ether oxygens (including phenoxy) is 1. The normalized spacial score (nSPS) is 22.3. The van der Waals surface area contributed by atoms with E-state index in [0.717, 1.165) is 28.1 Å². The first-order valence-electron chi connectivity index (χ1n) is 11.4. The Bertz CT molecular complexity index is 1430. The Kier molecular flexibility index (Phi) is 4.00. The standard InChI is InChI=1S/C28H21N3O3/c32-27-28(21-12-5-6-13-23(21)30(27)18-19-9-2-1-3-10-19)31-24(20-11-4-7-14-25(20)34-28)17-22(29-31)26-15-8-16-33-26/h1-16,24H,17-18H2/t24-,28-/m0/s1. The van der Waals surface area contributed by atoms with Gasteiger partial charge in [0.2, 0.25) is 0 Å². The second-order valence-electron chi connectivity index (χ2n) is 8.77. The number of fused-ring (bicyclic) bond motifs is 6. The van der Waals surface area contributed by atoms with E-state index in [9.17, 15) is 4.79 Å². The van der Waals surface area contributed by atoms with Crippen LogP contribution in [0.25, 0.3) is 0 Å². The van der Waals surface area contributed by atoms with Gasteiger partial charge in [-0.2, -0.15) is 5.10 Å². The summed E-state index contributed by atoms with van der Waals surface area (Å²) < 4.78 is 12.3. The highest BCUT2D eigenvalue weighted by atomic mass is 16.5. The van der Waals surface area contributed by atoms with Crippen LogP contribution in [0.1, 0.15) is 34.9 Å². The van der Waals surface area contributed by atoms with Gasteiger partial charge in [-0.1, -0.05) is 66.7 Å². The predicted molar refractivity (Wildman–Crippen MR) is 127 cm³/mol. The Balaban J connectivity index is 1.42. The molecular weight excluding hydrogens is 426 g/mol. The molecule has 4 aromatic rings. The van der Waals surface area contributed by atoms with Crippen molar-refractivity contribution < 1.29 is 13.9 Å². The Morgan fingerprint density at radius 2 is 1.71 bits per heavy atom. The molecule has 0 N–H and O–H groups in total. The van der Waals surface area contributed by atoms with Gasteiger partial charge in [0, 0.05) is 12.0 Å². The number of para-hydroxylation sites is 2. The lowest BCUT2D eigenvalue weighted by molar-refractivity contribution is -0.164. The SMILES string of the molecule is O=C1N(Cc2ccccc2)c2ccccc2[C@]12Oc1ccccc1[C@@H]1CC(c3ccco3)=NN12. The van der Waals surface area contributed by atoms with Crippen molar-refractivity contribution >= 4 is 17.3 Å². The molecule has 0 bridgehead atoms. The average molecular weight is 447 g/mol. The number of anilines is 1. The summed E-state index contributed by atoms with van der Waals surface area (Å²) in [5.74, 6) is 1.28. The minimum Gasteiger partial charge on any atom is -0.463 e. The highest BCUT2D eigenvalue weighted by molar-refractivity contribution is 6.08. The molecular formula is C28H21N3O3. The Morgan fingerprint density at radius 1 is 0.912 bits per heavy atom. The van der Waals surface area contributed by atoms with Crippen molar-refractivity contribution in [1.82, 2.24) is 5.01 Å². The molecule has 1 amide bonds. The van der Waals surface area contributed by atoms with Crippen LogP contribution in [0.15, 0.2) is 107 Å². The summed E-state index contributed by atoms with van der Waals surface area (Å²) in [4.78, 5) is 16.2. The smallest absolute Gasteiger partial charge is 0.306 e. The summed E-state index contributed by atoms with van der Waals surface area (Å²) in [6.45, 7) is 0.455. The second kappa shape index (κ2) is 7.09. The monoisotopic (exact) mass is 447 g/mol. The molecule has 6 nitrogen and oxygen atoms in total. The van der Waals surface area contributed by atoms with Gasteiger partial charge in [-0.05, 0) is 29.8 Å². The van der Waals surface area contributed by atoms with Crippen LogP contribution in [0.4, 0.5) is 5.69 Å². The largest absolute Gasteiger partial charge is 0.463 e. The number of furan rings is 1. The number of rotatable bonds is 3. The summed E-state index contributed by atoms with van der Waals surface area (Å²) in [7, 11) is 0. The highest BCUT2D eigenvalue weighted by Crippen LogP contribution is 2.55. The average Bonchev–Trinajstić information content (AvgIpc) is 3.61. The van der Waals surface area contributed by atoms with Crippen molar-refractivity contribution in [2.24, 2.45) is 5.10 Å². The number of hydrogen-bond acceptors (Lipinski definition) is 5. The molecule has 34 heavy (non-hydrogen) atoms. The van der Waals surface area contributed by atoms with Crippen molar-refractivity contribution in [2.45, 2.75) is 24.7 Å². The lowest BCUT2D eigenvalue weighted by Gasteiger charge is -2.44. The minimum absolute atomic E-state index is 0.137.